The molecule has 0 bridgehead atoms. The third-order valence-electron chi connectivity index (χ3n) is 3.53. The Morgan fingerprint density at radius 1 is 1.26 bits per heavy atom. The fourth-order valence-electron chi connectivity index (χ4n) is 2.63. The van der Waals surface area contributed by atoms with E-state index in [-0.39, 0.29) is 12.0 Å². The Bertz CT molecular complexity index is 546. The molecule has 0 fully saturated rings. The monoisotopic (exact) mass is 256 g/mol. The second kappa shape index (κ2) is 5.34. The Morgan fingerprint density at radius 3 is 2.84 bits per heavy atom. The van der Waals surface area contributed by atoms with Crippen LogP contribution in [0.3, 0.4) is 0 Å². The fraction of sp³-hybridized carbons (Fsp3) is 0.286. The van der Waals surface area contributed by atoms with Gasteiger partial charge in [0.25, 0.3) is 0 Å². The number of benzene rings is 1. The SMILES string of the molecule is NNC(c1cncnc1)C1CCOc2ccccc21. The number of ether oxygens (including phenoxy) is 1. The Morgan fingerprint density at radius 2 is 2.05 bits per heavy atom. The van der Waals surface area contributed by atoms with E-state index >= 15 is 0 Å². The quantitative estimate of drug-likeness (QED) is 0.644. The van der Waals surface area contributed by atoms with Gasteiger partial charge in [-0.3, -0.25) is 11.3 Å². The molecular weight excluding hydrogens is 240 g/mol. The molecule has 0 saturated heterocycles. The van der Waals surface area contributed by atoms with Gasteiger partial charge in [0.1, 0.15) is 12.1 Å². The molecule has 2 atom stereocenters. The van der Waals surface area contributed by atoms with Crippen molar-refractivity contribution in [2.45, 2.75) is 18.4 Å². The van der Waals surface area contributed by atoms with Crippen molar-refractivity contribution >= 4 is 0 Å². The minimum absolute atomic E-state index is 0.00810. The van der Waals surface area contributed by atoms with Gasteiger partial charge in [-0.2, -0.15) is 0 Å². The van der Waals surface area contributed by atoms with Gasteiger partial charge < -0.3 is 4.74 Å². The van der Waals surface area contributed by atoms with Crippen LogP contribution in [0.25, 0.3) is 0 Å². The normalized spacial score (nSPS) is 19.3. The molecule has 0 spiro atoms. The number of nitrogens with two attached hydrogens (primary N) is 1. The smallest absolute Gasteiger partial charge is 0.122 e. The predicted molar refractivity (Wildman–Crippen MR) is 71.4 cm³/mol. The van der Waals surface area contributed by atoms with Crippen molar-refractivity contribution in [2.75, 3.05) is 6.61 Å². The zero-order chi connectivity index (χ0) is 13.1. The topological polar surface area (TPSA) is 73.1 Å². The van der Waals surface area contributed by atoms with Crippen LogP contribution in [0.15, 0.2) is 43.0 Å². The molecule has 3 N–H and O–H groups in total. The average molecular weight is 256 g/mol. The van der Waals surface area contributed by atoms with Crippen molar-refractivity contribution in [1.29, 1.82) is 0 Å². The summed E-state index contributed by atoms with van der Waals surface area (Å²) >= 11 is 0. The first-order valence-corrected chi connectivity index (χ1v) is 6.33. The summed E-state index contributed by atoms with van der Waals surface area (Å²) in [5, 5.41) is 0. The van der Waals surface area contributed by atoms with Gasteiger partial charge in [-0.15, -0.1) is 0 Å². The molecule has 19 heavy (non-hydrogen) atoms. The summed E-state index contributed by atoms with van der Waals surface area (Å²) in [4.78, 5) is 8.13. The second-order valence-electron chi connectivity index (χ2n) is 4.60. The van der Waals surface area contributed by atoms with Crippen LogP contribution in [-0.2, 0) is 0 Å². The summed E-state index contributed by atoms with van der Waals surface area (Å²) in [6.07, 6.45) is 6.04. The summed E-state index contributed by atoms with van der Waals surface area (Å²) in [7, 11) is 0. The fourth-order valence-corrected chi connectivity index (χ4v) is 2.63. The van der Waals surface area contributed by atoms with Gasteiger partial charge in [-0.05, 0) is 18.1 Å². The standard InChI is InChI=1S/C14H16N4O/c15-18-14(10-7-16-9-17-8-10)12-5-6-19-13-4-2-1-3-11(12)13/h1-4,7-9,12,14,18H,5-6,15H2. The molecule has 5 nitrogen and oxygen atoms in total. The molecule has 98 valence electrons. The number of fused-ring (bicyclic) bond motifs is 1. The van der Waals surface area contributed by atoms with Crippen LogP contribution in [0.1, 0.15) is 29.5 Å². The molecule has 2 unspecified atom stereocenters. The van der Waals surface area contributed by atoms with Gasteiger partial charge >= 0.3 is 0 Å². The molecule has 0 saturated carbocycles. The Labute approximate surface area is 111 Å². The van der Waals surface area contributed by atoms with E-state index in [1.54, 1.807) is 12.4 Å². The minimum atomic E-state index is -0.00810. The van der Waals surface area contributed by atoms with Crippen LogP contribution in [0.4, 0.5) is 0 Å². The van der Waals surface area contributed by atoms with E-state index in [0.717, 1.165) is 17.7 Å². The second-order valence-corrected chi connectivity index (χ2v) is 4.60. The lowest BCUT2D eigenvalue weighted by molar-refractivity contribution is 0.246. The van der Waals surface area contributed by atoms with Gasteiger partial charge in [0.15, 0.2) is 0 Å². The van der Waals surface area contributed by atoms with Gasteiger partial charge in [0.05, 0.1) is 12.6 Å². The van der Waals surface area contributed by atoms with Crippen LogP contribution < -0.4 is 16.0 Å². The number of aromatic nitrogens is 2. The summed E-state index contributed by atoms with van der Waals surface area (Å²) in [6.45, 7) is 0.702. The Hall–Kier alpha value is -1.98. The molecule has 1 aliphatic rings. The van der Waals surface area contributed by atoms with E-state index in [0.29, 0.717) is 6.61 Å². The largest absolute Gasteiger partial charge is 0.493 e. The zero-order valence-corrected chi connectivity index (χ0v) is 10.5. The molecule has 1 aromatic carbocycles. The number of hydrogen-bond acceptors (Lipinski definition) is 5. The number of rotatable bonds is 3. The minimum Gasteiger partial charge on any atom is -0.493 e. The first kappa shape index (κ1) is 12.1. The average Bonchev–Trinajstić information content (AvgIpc) is 2.49. The highest BCUT2D eigenvalue weighted by Gasteiger charge is 2.29. The van der Waals surface area contributed by atoms with Crippen molar-refractivity contribution < 1.29 is 4.74 Å². The third kappa shape index (κ3) is 2.30. The van der Waals surface area contributed by atoms with E-state index in [2.05, 4.69) is 21.5 Å². The van der Waals surface area contributed by atoms with E-state index in [1.165, 1.54) is 11.9 Å². The molecule has 0 radical (unpaired) electrons. The Balaban J connectivity index is 1.97. The van der Waals surface area contributed by atoms with Crippen molar-refractivity contribution in [3.8, 4) is 5.75 Å². The Kier molecular flexibility index (Phi) is 3.39. The lowest BCUT2D eigenvalue weighted by Gasteiger charge is -2.31. The lowest BCUT2D eigenvalue weighted by atomic mass is 9.84. The molecule has 3 rings (SSSR count). The van der Waals surface area contributed by atoms with E-state index < -0.39 is 0 Å². The zero-order valence-electron chi connectivity index (χ0n) is 10.5. The van der Waals surface area contributed by atoms with Crippen LogP contribution in [0.5, 0.6) is 5.75 Å². The first-order chi connectivity index (χ1) is 9.40. The third-order valence-corrected chi connectivity index (χ3v) is 3.53. The first-order valence-electron chi connectivity index (χ1n) is 6.33. The highest BCUT2D eigenvalue weighted by molar-refractivity contribution is 5.39. The molecular formula is C14H16N4O. The molecule has 1 aromatic heterocycles. The van der Waals surface area contributed by atoms with E-state index in [1.807, 2.05) is 18.2 Å². The number of nitrogens with one attached hydrogen (secondary N) is 1. The molecule has 2 heterocycles. The van der Waals surface area contributed by atoms with Crippen LogP contribution in [0, 0.1) is 0 Å². The maximum Gasteiger partial charge on any atom is 0.122 e. The van der Waals surface area contributed by atoms with Crippen LogP contribution in [0.2, 0.25) is 0 Å². The molecule has 0 amide bonds. The van der Waals surface area contributed by atoms with Gasteiger partial charge in [-0.1, -0.05) is 18.2 Å². The van der Waals surface area contributed by atoms with Gasteiger partial charge in [0, 0.05) is 23.9 Å². The molecule has 0 aliphatic carbocycles. The summed E-state index contributed by atoms with van der Waals surface area (Å²) in [5.74, 6) is 6.95. The van der Waals surface area contributed by atoms with Crippen molar-refractivity contribution in [3.05, 3.63) is 54.1 Å². The molecule has 5 heteroatoms. The lowest BCUT2D eigenvalue weighted by Crippen LogP contribution is -2.34. The van der Waals surface area contributed by atoms with Gasteiger partial charge in [-0.25, -0.2) is 9.97 Å². The van der Waals surface area contributed by atoms with Crippen LogP contribution >= 0.6 is 0 Å². The summed E-state index contributed by atoms with van der Waals surface area (Å²) in [5.41, 5.74) is 5.07. The van der Waals surface area contributed by atoms with Gasteiger partial charge in [0.2, 0.25) is 0 Å². The van der Waals surface area contributed by atoms with E-state index in [4.69, 9.17) is 10.6 Å². The van der Waals surface area contributed by atoms with E-state index in [9.17, 15) is 0 Å². The number of hydrogen-bond donors (Lipinski definition) is 2. The van der Waals surface area contributed by atoms with Crippen molar-refractivity contribution in [1.82, 2.24) is 15.4 Å². The number of para-hydroxylation sites is 1. The van der Waals surface area contributed by atoms with Crippen molar-refractivity contribution in [3.63, 3.8) is 0 Å². The molecule has 2 aromatic rings. The molecule has 1 aliphatic heterocycles. The van der Waals surface area contributed by atoms with Crippen molar-refractivity contribution in [2.24, 2.45) is 5.84 Å². The summed E-state index contributed by atoms with van der Waals surface area (Å²) < 4.78 is 5.68. The maximum absolute atomic E-state index is 5.75. The summed E-state index contributed by atoms with van der Waals surface area (Å²) in [6, 6.07) is 8.09. The highest BCUT2D eigenvalue weighted by atomic mass is 16.5. The maximum atomic E-state index is 5.75. The van der Waals surface area contributed by atoms with Crippen LogP contribution in [-0.4, -0.2) is 16.6 Å². The number of hydrazine groups is 1. The predicted octanol–water partition coefficient (Wildman–Crippen LogP) is 1.55. The highest BCUT2D eigenvalue weighted by Crippen LogP contribution is 2.40. The number of nitrogens with zero attached hydrogens (tertiary/aromatic N) is 2.